The zero-order valence-electron chi connectivity index (χ0n) is 12.0. The van der Waals surface area contributed by atoms with E-state index in [4.69, 9.17) is 0 Å². The molecule has 0 aromatic heterocycles. The lowest BCUT2D eigenvalue weighted by Crippen LogP contribution is -2.24. The van der Waals surface area contributed by atoms with Gasteiger partial charge in [0.1, 0.15) is 5.82 Å². The Morgan fingerprint density at radius 1 is 1.10 bits per heavy atom. The van der Waals surface area contributed by atoms with Crippen LogP contribution in [0.5, 0.6) is 0 Å². The maximum atomic E-state index is 13.2. The van der Waals surface area contributed by atoms with Crippen LogP contribution >= 0.6 is 0 Å². The van der Waals surface area contributed by atoms with Crippen molar-refractivity contribution in [1.29, 1.82) is 0 Å². The maximum absolute atomic E-state index is 13.2. The molecule has 21 heavy (non-hydrogen) atoms. The number of halogens is 1. The number of benzene rings is 2. The third kappa shape index (κ3) is 4.21. The molecule has 0 radical (unpaired) electrons. The summed E-state index contributed by atoms with van der Waals surface area (Å²) in [5.74, 6) is -0.234. The molecule has 0 saturated carbocycles. The van der Waals surface area contributed by atoms with Crippen molar-refractivity contribution in [3.63, 3.8) is 0 Å². The van der Waals surface area contributed by atoms with E-state index in [0.29, 0.717) is 12.2 Å². The molecule has 0 spiro atoms. The molecule has 5 heteroatoms. The summed E-state index contributed by atoms with van der Waals surface area (Å²) in [4.78, 5) is 11.2. The zero-order chi connectivity index (χ0) is 15.2. The van der Waals surface area contributed by atoms with E-state index in [2.05, 4.69) is 16.0 Å². The van der Waals surface area contributed by atoms with Gasteiger partial charge in [-0.3, -0.25) is 0 Å². The highest BCUT2D eigenvalue weighted by molar-refractivity contribution is 5.89. The highest BCUT2D eigenvalue weighted by Crippen LogP contribution is 2.16. The van der Waals surface area contributed by atoms with Gasteiger partial charge >= 0.3 is 6.03 Å². The first-order chi connectivity index (χ1) is 10.1. The number of nitrogens with one attached hydrogen (secondary N) is 3. The monoisotopic (exact) mass is 287 g/mol. The molecule has 2 amide bonds. The Hall–Kier alpha value is -2.56. The van der Waals surface area contributed by atoms with E-state index in [0.717, 1.165) is 16.8 Å². The Morgan fingerprint density at radius 3 is 2.43 bits per heavy atom. The first-order valence-corrected chi connectivity index (χ1v) is 6.66. The topological polar surface area (TPSA) is 53.2 Å². The number of amides is 2. The van der Waals surface area contributed by atoms with E-state index in [9.17, 15) is 9.18 Å². The number of carbonyl (C=O) groups excluding carboxylic acids is 1. The molecule has 0 bridgehead atoms. The van der Waals surface area contributed by atoms with Crippen LogP contribution < -0.4 is 16.0 Å². The average Bonchev–Trinajstić information content (AvgIpc) is 2.49. The van der Waals surface area contributed by atoms with Crippen molar-refractivity contribution in [3.05, 3.63) is 59.4 Å². The summed E-state index contributed by atoms with van der Waals surface area (Å²) >= 11 is 0. The van der Waals surface area contributed by atoms with Crippen molar-refractivity contribution < 1.29 is 9.18 Å². The second-order valence-electron chi connectivity index (χ2n) is 4.71. The van der Waals surface area contributed by atoms with E-state index >= 15 is 0 Å². The minimum absolute atomic E-state index is 0.234. The van der Waals surface area contributed by atoms with Crippen LogP contribution in [-0.4, -0.2) is 13.1 Å². The fourth-order valence-corrected chi connectivity index (χ4v) is 1.89. The molecule has 3 N–H and O–H groups in total. The first kappa shape index (κ1) is 14.8. The van der Waals surface area contributed by atoms with Crippen LogP contribution in [0, 0.1) is 12.7 Å². The van der Waals surface area contributed by atoms with Crippen molar-refractivity contribution in [2.75, 3.05) is 17.7 Å². The molecule has 0 fully saturated rings. The second-order valence-corrected chi connectivity index (χ2v) is 4.71. The Bertz CT molecular complexity index is 626. The standard InChI is InChI=1S/C16H18FN3O/c1-11-3-4-13(17)9-12(11)10-19-14-5-7-15(8-6-14)20-16(21)18-2/h3-9,19H,10H2,1-2H3,(H2,18,20,21). The third-order valence-corrected chi connectivity index (χ3v) is 3.16. The number of aryl methyl sites for hydroxylation is 1. The summed E-state index contributed by atoms with van der Waals surface area (Å²) in [5, 5.41) is 8.40. The summed E-state index contributed by atoms with van der Waals surface area (Å²) in [6.07, 6.45) is 0. The SMILES string of the molecule is CNC(=O)Nc1ccc(NCc2cc(F)ccc2C)cc1. The minimum Gasteiger partial charge on any atom is -0.381 e. The normalized spacial score (nSPS) is 10.0. The number of carbonyl (C=O) groups is 1. The van der Waals surface area contributed by atoms with Gasteiger partial charge < -0.3 is 16.0 Å². The molecule has 0 saturated heterocycles. The van der Waals surface area contributed by atoms with E-state index in [1.54, 1.807) is 25.2 Å². The number of hydrogen-bond acceptors (Lipinski definition) is 2. The van der Waals surface area contributed by atoms with Gasteiger partial charge in [-0.25, -0.2) is 9.18 Å². The van der Waals surface area contributed by atoms with Crippen LogP contribution in [0.15, 0.2) is 42.5 Å². The molecule has 0 aliphatic heterocycles. The van der Waals surface area contributed by atoms with Gasteiger partial charge in [0.05, 0.1) is 0 Å². The largest absolute Gasteiger partial charge is 0.381 e. The molecular formula is C16H18FN3O. The van der Waals surface area contributed by atoms with Crippen LogP contribution in [0.4, 0.5) is 20.6 Å². The smallest absolute Gasteiger partial charge is 0.318 e. The molecule has 2 rings (SSSR count). The van der Waals surface area contributed by atoms with E-state index < -0.39 is 0 Å². The van der Waals surface area contributed by atoms with Gasteiger partial charge in [0.25, 0.3) is 0 Å². The lowest BCUT2D eigenvalue weighted by Gasteiger charge is -2.10. The van der Waals surface area contributed by atoms with E-state index in [1.165, 1.54) is 12.1 Å². The number of hydrogen-bond donors (Lipinski definition) is 3. The quantitative estimate of drug-likeness (QED) is 0.806. The first-order valence-electron chi connectivity index (χ1n) is 6.66. The van der Waals surface area contributed by atoms with E-state index in [1.807, 2.05) is 19.1 Å². The summed E-state index contributed by atoms with van der Waals surface area (Å²) in [6.45, 7) is 2.50. The van der Waals surface area contributed by atoms with Gasteiger partial charge in [0.2, 0.25) is 0 Å². The van der Waals surface area contributed by atoms with Crippen molar-refractivity contribution >= 4 is 17.4 Å². The fraction of sp³-hybridized carbons (Fsp3) is 0.188. The molecule has 110 valence electrons. The zero-order valence-corrected chi connectivity index (χ0v) is 12.0. The summed E-state index contributed by atoms with van der Waals surface area (Å²) < 4.78 is 13.2. The van der Waals surface area contributed by atoms with Gasteiger partial charge in [-0.1, -0.05) is 6.07 Å². The second kappa shape index (κ2) is 6.74. The van der Waals surface area contributed by atoms with Crippen molar-refractivity contribution in [2.24, 2.45) is 0 Å². The van der Waals surface area contributed by atoms with Gasteiger partial charge in [0, 0.05) is 25.0 Å². The third-order valence-electron chi connectivity index (χ3n) is 3.16. The highest BCUT2D eigenvalue weighted by Gasteiger charge is 2.02. The van der Waals surface area contributed by atoms with Gasteiger partial charge in [-0.15, -0.1) is 0 Å². The molecule has 0 unspecified atom stereocenters. The number of urea groups is 1. The molecule has 0 atom stereocenters. The highest BCUT2D eigenvalue weighted by atomic mass is 19.1. The Morgan fingerprint density at radius 2 is 1.76 bits per heavy atom. The predicted molar refractivity (Wildman–Crippen MR) is 83.0 cm³/mol. The minimum atomic E-state index is -0.258. The van der Waals surface area contributed by atoms with Crippen LogP contribution in [0.2, 0.25) is 0 Å². The van der Waals surface area contributed by atoms with Crippen molar-refractivity contribution in [2.45, 2.75) is 13.5 Å². The summed E-state index contributed by atoms with van der Waals surface area (Å²) in [6, 6.07) is 11.8. The van der Waals surface area contributed by atoms with E-state index in [-0.39, 0.29) is 11.8 Å². The van der Waals surface area contributed by atoms with Gasteiger partial charge in [0.15, 0.2) is 0 Å². The van der Waals surface area contributed by atoms with Crippen LogP contribution in [-0.2, 0) is 6.54 Å². The number of anilines is 2. The molecule has 0 heterocycles. The number of rotatable bonds is 4. The molecule has 2 aromatic rings. The Kier molecular flexibility index (Phi) is 4.77. The molecule has 4 nitrogen and oxygen atoms in total. The average molecular weight is 287 g/mol. The maximum Gasteiger partial charge on any atom is 0.318 e. The summed E-state index contributed by atoms with van der Waals surface area (Å²) in [7, 11) is 1.56. The molecule has 0 aliphatic carbocycles. The fourth-order valence-electron chi connectivity index (χ4n) is 1.89. The van der Waals surface area contributed by atoms with Crippen LogP contribution in [0.25, 0.3) is 0 Å². The summed E-state index contributed by atoms with van der Waals surface area (Å²) in [5.41, 5.74) is 3.58. The lowest BCUT2D eigenvalue weighted by molar-refractivity contribution is 0.254. The Labute approximate surface area is 123 Å². The van der Waals surface area contributed by atoms with Gasteiger partial charge in [-0.05, 0) is 54.4 Å². The molecule has 0 aliphatic rings. The van der Waals surface area contributed by atoms with Gasteiger partial charge in [-0.2, -0.15) is 0 Å². The Balaban J connectivity index is 1.97. The van der Waals surface area contributed by atoms with Crippen LogP contribution in [0.3, 0.4) is 0 Å². The molecular weight excluding hydrogens is 269 g/mol. The predicted octanol–water partition coefficient (Wildman–Crippen LogP) is 3.50. The van der Waals surface area contributed by atoms with Crippen molar-refractivity contribution in [3.8, 4) is 0 Å². The van der Waals surface area contributed by atoms with Crippen LogP contribution in [0.1, 0.15) is 11.1 Å². The molecule has 2 aromatic carbocycles. The lowest BCUT2D eigenvalue weighted by atomic mass is 10.1. The van der Waals surface area contributed by atoms with Crippen molar-refractivity contribution in [1.82, 2.24) is 5.32 Å².